The molecule has 0 spiro atoms. The zero-order valence-electron chi connectivity index (χ0n) is 7.39. The van der Waals surface area contributed by atoms with E-state index in [1.54, 1.807) is 0 Å². The van der Waals surface area contributed by atoms with E-state index in [9.17, 15) is 0 Å². The van der Waals surface area contributed by atoms with E-state index < -0.39 is 0 Å². The van der Waals surface area contributed by atoms with Gasteiger partial charge in [0.1, 0.15) is 0 Å². The minimum atomic E-state index is 0.739. The van der Waals surface area contributed by atoms with Gasteiger partial charge in [0.15, 0.2) is 0 Å². The molecular formula is C9H13ClN2. The Kier molecular flexibility index (Phi) is 3.50. The van der Waals surface area contributed by atoms with Gasteiger partial charge in [-0.25, -0.2) is 0 Å². The van der Waals surface area contributed by atoms with Gasteiger partial charge in [0.2, 0.25) is 0 Å². The third-order valence-electron chi connectivity index (χ3n) is 1.71. The van der Waals surface area contributed by atoms with Gasteiger partial charge in [0, 0.05) is 18.7 Å². The van der Waals surface area contributed by atoms with Crippen molar-refractivity contribution < 1.29 is 0 Å². The largest absolute Gasteiger partial charge is 0.319 e. The Morgan fingerprint density at radius 2 is 2.25 bits per heavy atom. The first-order valence-corrected chi connectivity index (χ1v) is 4.38. The van der Waals surface area contributed by atoms with Crippen LogP contribution in [0.1, 0.15) is 11.4 Å². The van der Waals surface area contributed by atoms with Crippen LogP contribution in [0, 0.1) is 6.92 Å². The molecule has 0 fully saturated rings. The van der Waals surface area contributed by atoms with E-state index in [-0.39, 0.29) is 0 Å². The summed E-state index contributed by atoms with van der Waals surface area (Å²) in [6.07, 6.45) is 0.953. The van der Waals surface area contributed by atoms with Crippen LogP contribution in [0.25, 0.3) is 0 Å². The summed E-state index contributed by atoms with van der Waals surface area (Å²) in [5.74, 6) is 0. The lowest BCUT2D eigenvalue weighted by Gasteiger charge is -2.02. The summed E-state index contributed by atoms with van der Waals surface area (Å²) in [7, 11) is 1.93. The summed E-state index contributed by atoms with van der Waals surface area (Å²) in [5, 5.41) is 3.82. The molecule has 1 aromatic rings. The van der Waals surface area contributed by atoms with Crippen LogP contribution in [0.15, 0.2) is 12.1 Å². The van der Waals surface area contributed by atoms with Crippen LogP contribution in [-0.2, 0) is 6.42 Å². The van der Waals surface area contributed by atoms with E-state index in [1.165, 1.54) is 0 Å². The predicted molar refractivity (Wildman–Crippen MR) is 51.6 cm³/mol. The smallest absolute Gasteiger partial charge is 0.0618 e. The van der Waals surface area contributed by atoms with Gasteiger partial charge in [0.25, 0.3) is 0 Å². The lowest BCUT2D eigenvalue weighted by Crippen LogP contribution is -2.11. The maximum Gasteiger partial charge on any atom is 0.0618 e. The first-order chi connectivity index (χ1) is 5.74. The zero-order chi connectivity index (χ0) is 8.97. The molecule has 0 aliphatic heterocycles. The van der Waals surface area contributed by atoms with Crippen molar-refractivity contribution in [1.29, 1.82) is 0 Å². The first kappa shape index (κ1) is 9.49. The molecule has 0 radical (unpaired) electrons. The van der Waals surface area contributed by atoms with Crippen LogP contribution in [0.3, 0.4) is 0 Å². The standard InChI is InChI=1S/C9H13ClN2/c1-7-9(10)4-3-8(12-7)5-6-11-2/h3-4,11H,5-6H2,1-2H3. The molecule has 0 bridgehead atoms. The molecule has 1 rings (SSSR count). The molecule has 12 heavy (non-hydrogen) atoms. The highest BCUT2D eigenvalue weighted by molar-refractivity contribution is 6.31. The number of rotatable bonds is 3. The van der Waals surface area contributed by atoms with Crippen molar-refractivity contribution in [2.45, 2.75) is 13.3 Å². The molecule has 1 N–H and O–H groups in total. The number of nitrogens with zero attached hydrogens (tertiary/aromatic N) is 1. The lowest BCUT2D eigenvalue weighted by atomic mass is 10.2. The van der Waals surface area contributed by atoms with Gasteiger partial charge in [-0.05, 0) is 26.1 Å². The second-order valence-corrected chi connectivity index (χ2v) is 3.13. The van der Waals surface area contributed by atoms with Crippen LogP contribution in [0.2, 0.25) is 5.02 Å². The Hall–Kier alpha value is -0.600. The summed E-state index contributed by atoms with van der Waals surface area (Å²) < 4.78 is 0. The number of pyridine rings is 1. The molecule has 0 saturated heterocycles. The highest BCUT2D eigenvalue weighted by Gasteiger charge is 1.97. The molecule has 66 valence electrons. The molecule has 0 aromatic carbocycles. The minimum absolute atomic E-state index is 0.739. The molecular weight excluding hydrogens is 172 g/mol. The summed E-state index contributed by atoms with van der Waals surface area (Å²) in [6.45, 7) is 2.87. The number of likely N-dealkylation sites (N-methyl/N-ethyl adjacent to an activating group) is 1. The van der Waals surface area contributed by atoms with Crippen LogP contribution in [0.4, 0.5) is 0 Å². The highest BCUT2D eigenvalue weighted by Crippen LogP contribution is 2.12. The molecule has 0 saturated carbocycles. The van der Waals surface area contributed by atoms with Crippen molar-refractivity contribution in [2.75, 3.05) is 13.6 Å². The van der Waals surface area contributed by atoms with E-state index in [2.05, 4.69) is 10.3 Å². The summed E-state index contributed by atoms with van der Waals surface area (Å²) in [5.41, 5.74) is 2.00. The monoisotopic (exact) mass is 184 g/mol. The number of hydrogen-bond acceptors (Lipinski definition) is 2. The fourth-order valence-corrected chi connectivity index (χ4v) is 1.09. The topological polar surface area (TPSA) is 24.9 Å². The van der Waals surface area contributed by atoms with Crippen LogP contribution >= 0.6 is 11.6 Å². The molecule has 1 aromatic heterocycles. The quantitative estimate of drug-likeness (QED) is 0.775. The molecule has 0 aliphatic rings. The summed E-state index contributed by atoms with van der Waals surface area (Å²) >= 11 is 5.84. The van der Waals surface area contributed by atoms with Gasteiger partial charge in [-0.1, -0.05) is 11.6 Å². The SMILES string of the molecule is CNCCc1ccc(Cl)c(C)n1. The van der Waals surface area contributed by atoms with Gasteiger partial charge in [-0.2, -0.15) is 0 Å². The van der Waals surface area contributed by atoms with Crippen molar-refractivity contribution in [3.05, 3.63) is 28.5 Å². The van der Waals surface area contributed by atoms with Gasteiger partial charge >= 0.3 is 0 Å². The molecule has 1 heterocycles. The van der Waals surface area contributed by atoms with E-state index in [0.717, 1.165) is 29.4 Å². The average Bonchev–Trinajstić information content (AvgIpc) is 2.07. The molecule has 0 aliphatic carbocycles. The molecule has 0 unspecified atom stereocenters. The van der Waals surface area contributed by atoms with Gasteiger partial charge in [-0.3, -0.25) is 4.98 Å². The van der Waals surface area contributed by atoms with E-state index in [4.69, 9.17) is 11.6 Å². The third kappa shape index (κ3) is 2.47. The Bertz CT molecular complexity index is 261. The van der Waals surface area contributed by atoms with Crippen molar-refractivity contribution in [1.82, 2.24) is 10.3 Å². The van der Waals surface area contributed by atoms with Crippen molar-refractivity contribution in [3.8, 4) is 0 Å². The van der Waals surface area contributed by atoms with Crippen LogP contribution in [0.5, 0.6) is 0 Å². The summed E-state index contributed by atoms with van der Waals surface area (Å²) in [4.78, 5) is 4.34. The van der Waals surface area contributed by atoms with Crippen LogP contribution in [-0.4, -0.2) is 18.6 Å². The number of hydrogen-bond donors (Lipinski definition) is 1. The molecule has 0 atom stereocenters. The lowest BCUT2D eigenvalue weighted by molar-refractivity contribution is 0.774. The Morgan fingerprint density at radius 3 is 2.83 bits per heavy atom. The van der Waals surface area contributed by atoms with Crippen molar-refractivity contribution >= 4 is 11.6 Å². The Morgan fingerprint density at radius 1 is 1.50 bits per heavy atom. The molecule has 3 heteroatoms. The van der Waals surface area contributed by atoms with E-state index >= 15 is 0 Å². The normalized spacial score (nSPS) is 10.2. The third-order valence-corrected chi connectivity index (χ3v) is 2.11. The van der Waals surface area contributed by atoms with Crippen molar-refractivity contribution in [3.63, 3.8) is 0 Å². The number of aryl methyl sites for hydroxylation is 1. The number of halogens is 1. The fraction of sp³-hybridized carbons (Fsp3) is 0.444. The maximum absolute atomic E-state index is 5.84. The van der Waals surface area contributed by atoms with E-state index in [0.29, 0.717) is 0 Å². The number of nitrogens with one attached hydrogen (secondary N) is 1. The maximum atomic E-state index is 5.84. The Labute approximate surface area is 78.0 Å². The van der Waals surface area contributed by atoms with Crippen molar-refractivity contribution in [2.24, 2.45) is 0 Å². The molecule has 0 amide bonds. The number of aromatic nitrogens is 1. The first-order valence-electron chi connectivity index (χ1n) is 4.00. The summed E-state index contributed by atoms with van der Waals surface area (Å²) in [6, 6.07) is 3.86. The van der Waals surface area contributed by atoms with Gasteiger partial charge < -0.3 is 5.32 Å². The molecule has 2 nitrogen and oxygen atoms in total. The van der Waals surface area contributed by atoms with Gasteiger partial charge in [-0.15, -0.1) is 0 Å². The second-order valence-electron chi connectivity index (χ2n) is 2.72. The minimum Gasteiger partial charge on any atom is -0.319 e. The predicted octanol–water partition coefficient (Wildman–Crippen LogP) is 1.81. The average molecular weight is 185 g/mol. The Balaban J connectivity index is 2.69. The highest BCUT2D eigenvalue weighted by atomic mass is 35.5. The second kappa shape index (κ2) is 4.43. The van der Waals surface area contributed by atoms with Crippen LogP contribution < -0.4 is 5.32 Å². The van der Waals surface area contributed by atoms with Gasteiger partial charge in [0.05, 0.1) is 10.7 Å². The van der Waals surface area contributed by atoms with E-state index in [1.807, 2.05) is 26.1 Å². The zero-order valence-corrected chi connectivity index (χ0v) is 8.15. The fourth-order valence-electron chi connectivity index (χ4n) is 0.988.